The van der Waals surface area contributed by atoms with Crippen LogP contribution in [0, 0.1) is 5.82 Å². The number of sulfonamides is 1. The van der Waals surface area contributed by atoms with Crippen molar-refractivity contribution in [3.8, 4) is 0 Å². The van der Waals surface area contributed by atoms with Crippen LogP contribution in [0.15, 0.2) is 28.7 Å². The molecule has 1 aliphatic rings. The third-order valence-corrected chi connectivity index (χ3v) is 5.40. The van der Waals surface area contributed by atoms with E-state index < -0.39 is 15.8 Å². The topological polar surface area (TPSA) is 63.4 Å². The lowest BCUT2D eigenvalue weighted by molar-refractivity contribution is 0.431. The van der Waals surface area contributed by atoms with Gasteiger partial charge >= 0.3 is 0 Å². The van der Waals surface area contributed by atoms with Gasteiger partial charge in [-0.2, -0.15) is 4.31 Å². The Morgan fingerprint density at radius 3 is 2.68 bits per heavy atom. The van der Waals surface area contributed by atoms with Crippen molar-refractivity contribution >= 4 is 27.3 Å². The molecule has 0 radical (unpaired) electrons. The van der Waals surface area contributed by atoms with Gasteiger partial charge in [0.25, 0.3) is 0 Å². The van der Waals surface area contributed by atoms with Gasteiger partial charge in [0.1, 0.15) is 10.7 Å². The molecule has 1 heterocycles. The Morgan fingerprint density at radius 1 is 1.42 bits per heavy atom. The van der Waals surface area contributed by atoms with Crippen molar-refractivity contribution in [2.24, 2.45) is 0 Å². The zero-order valence-electron chi connectivity index (χ0n) is 10.4. The van der Waals surface area contributed by atoms with Crippen LogP contribution in [0.1, 0.15) is 13.3 Å². The minimum Gasteiger partial charge on any atom is -0.396 e. The highest BCUT2D eigenvalue weighted by molar-refractivity contribution is 7.89. The smallest absolute Gasteiger partial charge is 0.244 e. The molecule has 1 aromatic carbocycles. The van der Waals surface area contributed by atoms with Gasteiger partial charge in [0.05, 0.1) is 10.7 Å². The Hall–Kier alpha value is -1.11. The number of halogens is 2. The second kappa shape index (κ2) is 5.11. The maximum atomic E-state index is 13.2. The van der Waals surface area contributed by atoms with Crippen molar-refractivity contribution in [1.82, 2.24) is 4.31 Å². The quantitative estimate of drug-likeness (QED) is 0.674. The highest BCUT2D eigenvalue weighted by Gasteiger charge is 2.28. The third kappa shape index (κ3) is 2.75. The molecule has 0 aromatic heterocycles. The van der Waals surface area contributed by atoms with Crippen LogP contribution in [0.25, 0.3) is 0 Å². The molecule has 0 unspecified atom stereocenters. The molecule has 0 bridgehead atoms. The zero-order valence-corrected chi connectivity index (χ0v) is 11.9. The molecular formula is C12H14ClFN2O2S. The summed E-state index contributed by atoms with van der Waals surface area (Å²) in [5.41, 5.74) is 6.33. The fraction of sp³-hybridized carbons (Fsp3) is 0.333. The lowest BCUT2D eigenvalue weighted by atomic mass is 10.1. The summed E-state index contributed by atoms with van der Waals surface area (Å²) in [4.78, 5) is -0.152. The van der Waals surface area contributed by atoms with Crippen LogP contribution in [0.4, 0.5) is 10.1 Å². The van der Waals surface area contributed by atoms with Crippen LogP contribution in [0.5, 0.6) is 0 Å². The maximum absolute atomic E-state index is 13.2. The summed E-state index contributed by atoms with van der Waals surface area (Å²) < 4.78 is 39.3. The average Bonchev–Trinajstić information content (AvgIpc) is 2.34. The number of nitrogens with two attached hydrogens (primary N) is 1. The number of hydrogen-bond acceptors (Lipinski definition) is 3. The fourth-order valence-corrected chi connectivity index (χ4v) is 3.76. The summed E-state index contributed by atoms with van der Waals surface area (Å²) in [5.74, 6) is -0.724. The summed E-state index contributed by atoms with van der Waals surface area (Å²) in [7, 11) is -3.75. The Labute approximate surface area is 116 Å². The Balaban J connectivity index is 2.43. The zero-order chi connectivity index (χ0) is 14.2. The van der Waals surface area contributed by atoms with E-state index in [2.05, 4.69) is 0 Å². The van der Waals surface area contributed by atoms with Gasteiger partial charge in [-0.15, -0.1) is 0 Å². The first-order valence-electron chi connectivity index (χ1n) is 5.72. The van der Waals surface area contributed by atoms with Crippen LogP contribution in [0.3, 0.4) is 0 Å². The van der Waals surface area contributed by atoms with Crippen molar-refractivity contribution in [1.29, 1.82) is 0 Å². The summed E-state index contributed by atoms with van der Waals surface area (Å²) in [6, 6.07) is 1.99. The molecule has 19 heavy (non-hydrogen) atoms. The summed E-state index contributed by atoms with van der Waals surface area (Å²) >= 11 is 5.82. The molecule has 1 aromatic rings. The molecule has 104 valence electrons. The van der Waals surface area contributed by atoms with Gasteiger partial charge in [-0.25, -0.2) is 12.8 Å². The molecule has 1 aliphatic heterocycles. The fourth-order valence-electron chi connectivity index (χ4n) is 1.85. The molecule has 0 saturated heterocycles. The number of benzene rings is 1. The van der Waals surface area contributed by atoms with E-state index in [0.717, 1.165) is 17.7 Å². The van der Waals surface area contributed by atoms with Gasteiger partial charge in [0, 0.05) is 13.1 Å². The largest absolute Gasteiger partial charge is 0.396 e. The van der Waals surface area contributed by atoms with Gasteiger partial charge in [-0.1, -0.05) is 23.3 Å². The summed E-state index contributed by atoms with van der Waals surface area (Å²) in [5, 5.41) is -0.155. The van der Waals surface area contributed by atoms with Gasteiger partial charge in [0.2, 0.25) is 10.0 Å². The first-order valence-corrected chi connectivity index (χ1v) is 7.54. The van der Waals surface area contributed by atoms with E-state index >= 15 is 0 Å². The molecular weight excluding hydrogens is 291 g/mol. The van der Waals surface area contributed by atoms with E-state index in [1.54, 1.807) is 0 Å². The lowest BCUT2D eigenvalue weighted by Gasteiger charge is -2.25. The van der Waals surface area contributed by atoms with E-state index in [9.17, 15) is 12.8 Å². The van der Waals surface area contributed by atoms with E-state index in [4.69, 9.17) is 17.3 Å². The molecule has 0 amide bonds. The molecule has 4 nitrogen and oxygen atoms in total. The first kappa shape index (κ1) is 14.3. The lowest BCUT2D eigenvalue weighted by Crippen LogP contribution is -2.34. The van der Waals surface area contributed by atoms with Crippen molar-refractivity contribution in [3.63, 3.8) is 0 Å². The predicted octanol–water partition coefficient (Wildman–Crippen LogP) is 2.40. The highest BCUT2D eigenvalue weighted by Crippen LogP contribution is 2.29. The number of rotatable bonds is 2. The Morgan fingerprint density at radius 2 is 2.11 bits per heavy atom. The Kier molecular flexibility index (Phi) is 3.85. The van der Waals surface area contributed by atoms with Gasteiger partial charge in [-0.05, 0) is 25.5 Å². The van der Waals surface area contributed by atoms with Crippen LogP contribution in [0.2, 0.25) is 5.02 Å². The van der Waals surface area contributed by atoms with E-state index in [-0.39, 0.29) is 15.6 Å². The molecule has 0 spiro atoms. The number of anilines is 1. The Bertz CT molecular complexity index is 643. The normalized spacial score (nSPS) is 17.3. The van der Waals surface area contributed by atoms with Gasteiger partial charge in [-0.3, -0.25) is 0 Å². The molecule has 2 rings (SSSR count). The highest BCUT2D eigenvalue weighted by atomic mass is 35.5. The SMILES string of the molecule is CC1=CCN(S(=O)(=O)c2cc(N)c(F)cc2Cl)CC1. The maximum Gasteiger partial charge on any atom is 0.244 e. The first-order chi connectivity index (χ1) is 8.82. The van der Waals surface area contributed by atoms with E-state index in [1.807, 2.05) is 13.0 Å². The average molecular weight is 305 g/mol. The second-order valence-electron chi connectivity index (χ2n) is 4.47. The van der Waals surface area contributed by atoms with Crippen molar-refractivity contribution in [2.45, 2.75) is 18.2 Å². The van der Waals surface area contributed by atoms with Crippen LogP contribution < -0.4 is 5.73 Å². The van der Waals surface area contributed by atoms with Crippen LogP contribution in [-0.2, 0) is 10.0 Å². The summed E-state index contributed by atoms with van der Waals surface area (Å²) in [6.07, 6.45) is 2.52. The molecule has 0 fully saturated rings. The van der Waals surface area contributed by atoms with Crippen molar-refractivity contribution < 1.29 is 12.8 Å². The molecule has 0 atom stereocenters. The van der Waals surface area contributed by atoms with E-state index in [1.165, 1.54) is 4.31 Å². The van der Waals surface area contributed by atoms with E-state index in [0.29, 0.717) is 19.5 Å². The molecule has 7 heteroatoms. The van der Waals surface area contributed by atoms with Crippen molar-refractivity contribution in [2.75, 3.05) is 18.8 Å². The van der Waals surface area contributed by atoms with Crippen LogP contribution in [-0.4, -0.2) is 25.8 Å². The molecule has 2 N–H and O–H groups in total. The number of hydrogen-bond donors (Lipinski definition) is 1. The van der Waals surface area contributed by atoms with Gasteiger partial charge < -0.3 is 5.73 Å². The van der Waals surface area contributed by atoms with Crippen LogP contribution >= 0.6 is 11.6 Å². The summed E-state index contributed by atoms with van der Waals surface area (Å²) in [6.45, 7) is 2.63. The number of nitrogens with zero attached hydrogens (tertiary/aromatic N) is 1. The second-order valence-corrected chi connectivity index (χ2v) is 6.78. The monoisotopic (exact) mass is 304 g/mol. The minimum absolute atomic E-state index is 0.152. The van der Waals surface area contributed by atoms with Gasteiger partial charge in [0.15, 0.2) is 0 Å². The standard InChI is InChI=1S/C12H14ClFN2O2S/c1-8-2-4-16(5-3-8)19(17,18)12-7-11(15)10(14)6-9(12)13/h2,6-7H,3-5,15H2,1H3. The third-order valence-electron chi connectivity index (χ3n) is 3.07. The minimum atomic E-state index is -3.75. The molecule has 0 saturated carbocycles. The number of nitrogen functional groups attached to an aromatic ring is 1. The van der Waals surface area contributed by atoms with Crippen molar-refractivity contribution in [3.05, 3.63) is 34.6 Å². The predicted molar refractivity (Wildman–Crippen MR) is 73.0 cm³/mol. The molecule has 0 aliphatic carbocycles.